The average Bonchev–Trinajstić information content (AvgIpc) is 2.81. The molecule has 0 unspecified atom stereocenters. The number of aromatic hydroxyl groups is 2. The fourth-order valence-electron chi connectivity index (χ4n) is 1.29. The molecule has 0 aliphatic carbocycles. The Bertz CT molecular complexity index is 524. The molecule has 1 aromatic carbocycles. The molecule has 0 amide bonds. The van der Waals surface area contributed by atoms with Gasteiger partial charge in [-0.2, -0.15) is 4.98 Å². The van der Waals surface area contributed by atoms with Crippen LogP contribution in [0.2, 0.25) is 0 Å². The Balaban J connectivity index is 2.33. The van der Waals surface area contributed by atoms with Gasteiger partial charge in [0.25, 0.3) is 11.8 Å². The number of benzene rings is 1. The normalized spacial score (nSPS) is 10.5. The number of hydrogen-bond donors (Lipinski definition) is 2. The Morgan fingerprint density at radius 2 is 2.06 bits per heavy atom. The van der Waals surface area contributed by atoms with Gasteiger partial charge >= 0.3 is 0 Å². The second-order valence-electron chi connectivity index (χ2n) is 3.62. The minimum atomic E-state index is -0.217. The van der Waals surface area contributed by atoms with Crippen LogP contribution >= 0.6 is 0 Å². The van der Waals surface area contributed by atoms with E-state index in [-0.39, 0.29) is 11.5 Å². The van der Waals surface area contributed by atoms with Gasteiger partial charge in [-0.1, -0.05) is 0 Å². The Morgan fingerprint density at radius 1 is 1.29 bits per heavy atom. The van der Waals surface area contributed by atoms with Gasteiger partial charge < -0.3 is 19.6 Å². The molecule has 0 saturated heterocycles. The number of anilines is 1. The van der Waals surface area contributed by atoms with Crippen molar-refractivity contribution in [3.8, 4) is 23.0 Å². The lowest BCUT2D eigenvalue weighted by Crippen LogP contribution is -2.16. The highest BCUT2D eigenvalue weighted by Gasteiger charge is 2.12. The van der Waals surface area contributed by atoms with Crippen LogP contribution in [0.4, 0.5) is 5.95 Å². The highest BCUT2D eigenvalue weighted by atomic mass is 16.5. The first kappa shape index (κ1) is 11.3. The van der Waals surface area contributed by atoms with E-state index in [4.69, 9.17) is 4.52 Å². The van der Waals surface area contributed by atoms with Gasteiger partial charge in [0.1, 0.15) is 0 Å². The molecule has 0 aliphatic rings. The van der Waals surface area contributed by atoms with E-state index < -0.39 is 0 Å². The van der Waals surface area contributed by atoms with Gasteiger partial charge in [0.05, 0.1) is 0 Å². The summed E-state index contributed by atoms with van der Waals surface area (Å²) in [7, 11) is 1.85. The van der Waals surface area contributed by atoms with E-state index in [0.29, 0.717) is 17.4 Å². The molecule has 2 aromatic rings. The average molecular weight is 235 g/mol. The second kappa shape index (κ2) is 4.32. The minimum absolute atomic E-state index is 0.181. The Kier molecular flexibility index (Phi) is 2.86. The molecular weight excluding hydrogens is 222 g/mol. The van der Waals surface area contributed by atoms with E-state index in [9.17, 15) is 10.2 Å². The predicted molar refractivity (Wildman–Crippen MR) is 62.0 cm³/mol. The summed E-state index contributed by atoms with van der Waals surface area (Å²) in [6.07, 6.45) is 0. The van der Waals surface area contributed by atoms with Crippen molar-refractivity contribution in [1.29, 1.82) is 0 Å². The van der Waals surface area contributed by atoms with Crippen molar-refractivity contribution in [2.75, 3.05) is 18.5 Å². The SMILES string of the molecule is CCN(C)c1noc(-c2ccc(O)c(O)c2)n1. The van der Waals surface area contributed by atoms with Crippen molar-refractivity contribution in [3.05, 3.63) is 18.2 Å². The first-order valence-electron chi connectivity index (χ1n) is 5.19. The molecule has 1 aromatic heterocycles. The molecule has 6 nitrogen and oxygen atoms in total. The molecule has 90 valence electrons. The fourth-order valence-corrected chi connectivity index (χ4v) is 1.29. The molecule has 0 spiro atoms. The third kappa shape index (κ3) is 2.15. The monoisotopic (exact) mass is 235 g/mol. The summed E-state index contributed by atoms with van der Waals surface area (Å²) in [5, 5.41) is 22.4. The summed E-state index contributed by atoms with van der Waals surface area (Å²) in [5.41, 5.74) is 0.559. The Morgan fingerprint density at radius 3 is 2.71 bits per heavy atom. The summed E-state index contributed by atoms with van der Waals surface area (Å²) in [6, 6.07) is 4.34. The maximum Gasteiger partial charge on any atom is 0.266 e. The fraction of sp³-hybridized carbons (Fsp3) is 0.273. The summed E-state index contributed by atoms with van der Waals surface area (Å²) < 4.78 is 5.07. The third-order valence-electron chi connectivity index (χ3n) is 2.45. The molecular formula is C11H13N3O3. The molecule has 0 atom stereocenters. The highest BCUT2D eigenvalue weighted by molar-refractivity contribution is 5.59. The van der Waals surface area contributed by atoms with E-state index in [0.717, 1.165) is 6.54 Å². The largest absolute Gasteiger partial charge is 0.504 e. The molecule has 0 bridgehead atoms. The number of rotatable bonds is 3. The predicted octanol–water partition coefficient (Wildman–Crippen LogP) is 1.60. The van der Waals surface area contributed by atoms with Crippen LogP contribution in [0.15, 0.2) is 22.7 Å². The van der Waals surface area contributed by atoms with E-state index in [2.05, 4.69) is 10.1 Å². The van der Waals surface area contributed by atoms with Crippen molar-refractivity contribution < 1.29 is 14.7 Å². The van der Waals surface area contributed by atoms with Crippen LogP contribution in [0.1, 0.15) is 6.92 Å². The lowest BCUT2D eigenvalue weighted by molar-refractivity contribution is 0.402. The number of hydrogen-bond acceptors (Lipinski definition) is 6. The number of aromatic nitrogens is 2. The quantitative estimate of drug-likeness (QED) is 0.786. The highest BCUT2D eigenvalue weighted by Crippen LogP contribution is 2.30. The van der Waals surface area contributed by atoms with Gasteiger partial charge in [-0.25, -0.2) is 0 Å². The summed E-state index contributed by atoms with van der Waals surface area (Å²) in [6.45, 7) is 2.74. The Labute approximate surface area is 98.1 Å². The maximum absolute atomic E-state index is 9.37. The Hall–Kier alpha value is -2.24. The van der Waals surface area contributed by atoms with Crippen LogP contribution in [0.3, 0.4) is 0 Å². The van der Waals surface area contributed by atoms with Crippen LogP contribution in [0.5, 0.6) is 11.5 Å². The molecule has 0 fully saturated rings. The van der Waals surface area contributed by atoms with Crippen molar-refractivity contribution in [3.63, 3.8) is 0 Å². The minimum Gasteiger partial charge on any atom is -0.504 e. The standard InChI is InChI=1S/C11H13N3O3/c1-3-14(2)11-12-10(17-13-11)7-4-5-8(15)9(16)6-7/h4-6,15-16H,3H2,1-2H3. The maximum atomic E-state index is 9.37. The molecule has 0 aliphatic heterocycles. The topological polar surface area (TPSA) is 82.6 Å². The number of phenols is 2. The van der Waals surface area contributed by atoms with E-state index in [1.165, 1.54) is 12.1 Å². The lowest BCUT2D eigenvalue weighted by Gasteiger charge is -2.08. The first-order chi connectivity index (χ1) is 8.11. The second-order valence-corrected chi connectivity index (χ2v) is 3.62. The molecule has 2 rings (SSSR count). The van der Waals surface area contributed by atoms with Crippen molar-refractivity contribution >= 4 is 5.95 Å². The van der Waals surface area contributed by atoms with Gasteiger partial charge in [0.15, 0.2) is 11.5 Å². The third-order valence-corrected chi connectivity index (χ3v) is 2.45. The summed E-state index contributed by atoms with van der Waals surface area (Å²) in [5.74, 6) is 0.385. The smallest absolute Gasteiger partial charge is 0.266 e. The van der Waals surface area contributed by atoms with Crippen LogP contribution in [-0.4, -0.2) is 33.9 Å². The van der Waals surface area contributed by atoms with Crippen LogP contribution in [0.25, 0.3) is 11.5 Å². The van der Waals surface area contributed by atoms with Crippen molar-refractivity contribution in [2.24, 2.45) is 0 Å². The molecule has 6 heteroatoms. The van der Waals surface area contributed by atoms with E-state index in [1.54, 1.807) is 6.07 Å². The summed E-state index contributed by atoms with van der Waals surface area (Å²) in [4.78, 5) is 6.00. The molecule has 17 heavy (non-hydrogen) atoms. The van der Waals surface area contributed by atoms with Gasteiger partial charge in [0, 0.05) is 19.2 Å². The van der Waals surface area contributed by atoms with Crippen molar-refractivity contribution in [2.45, 2.75) is 6.92 Å². The molecule has 2 N–H and O–H groups in total. The van der Waals surface area contributed by atoms with Crippen LogP contribution in [-0.2, 0) is 0 Å². The van der Waals surface area contributed by atoms with Crippen molar-refractivity contribution in [1.82, 2.24) is 10.1 Å². The zero-order valence-electron chi connectivity index (χ0n) is 9.58. The van der Waals surface area contributed by atoms with Crippen LogP contribution in [0, 0.1) is 0 Å². The zero-order chi connectivity index (χ0) is 12.4. The lowest BCUT2D eigenvalue weighted by atomic mass is 10.2. The number of phenolic OH excluding ortho intramolecular Hbond substituents is 2. The molecule has 0 saturated carbocycles. The molecule has 0 radical (unpaired) electrons. The molecule has 1 heterocycles. The zero-order valence-corrected chi connectivity index (χ0v) is 9.58. The first-order valence-corrected chi connectivity index (χ1v) is 5.19. The van der Waals surface area contributed by atoms with Gasteiger partial charge in [-0.05, 0) is 30.3 Å². The van der Waals surface area contributed by atoms with E-state index >= 15 is 0 Å². The number of nitrogens with zero attached hydrogens (tertiary/aromatic N) is 3. The van der Waals surface area contributed by atoms with E-state index in [1.807, 2.05) is 18.9 Å². The van der Waals surface area contributed by atoms with Crippen LogP contribution < -0.4 is 4.90 Å². The van der Waals surface area contributed by atoms with Gasteiger partial charge in [0.2, 0.25) is 0 Å². The van der Waals surface area contributed by atoms with Gasteiger partial charge in [-0.3, -0.25) is 0 Å². The van der Waals surface area contributed by atoms with Gasteiger partial charge in [-0.15, -0.1) is 0 Å². The summed E-state index contributed by atoms with van der Waals surface area (Å²) >= 11 is 0.